The molecule has 1 aromatic rings. The average molecular weight is 223 g/mol. The van der Waals surface area contributed by atoms with Crippen LogP contribution in [0.5, 0.6) is 0 Å². The third-order valence-electron chi connectivity index (χ3n) is 3.82. The smallest absolute Gasteiger partial charge is 0.0143 e. The van der Waals surface area contributed by atoms with Crippen LogP contribution in [0.3, 0.4) is 0 Å². The van der Waals surface area contributed by atoms with Gasteiger partial charge in [-0.25, -0.2) is 0 Å². The lowest BCUT2D eigenvalue weighted by molar-refractivity contribution is 0.309. The molecular weight excluding hydrogens is 202 g/mol. The van der Waals surface area contributed by atoms with Crippen LogP contribution in [0.25, 0.3) is 0 Å². The van der Waals surface area contributed by atoms with E-state index in [4.69, 9.17) is 0 Å². The fourth-order valence-electron chi connectivity index (χ4n) is 2.88. The predicted octanol–water partition coefficient (Wildman–Crippen LogP) is 3.31. The molecule has 0 bridgehead atoms. The van der Waals surface area contributed by atoms with Crippen molar-refractivity contribution in [1.29, 1.82) is 0 Å². The molecule has 1 nitrogen and oxygen atoms in total. The number of hydrogen-bond acceptors (Lipinski definition) is 2. The molecule has 0 spiro atoms. The minimum atomic E-state index is 0.682. The maximum Gasteiger partial charge on any atom is 0.0143 e. The molecule has 0 amide bonds. The largest absolute Gasteiger partial charge is 0.316 e. The number of likely N-dealkylation sites (N-methyl/N-ethyl adjacent to an activating group) is 1. The molecule has 1 saturated carbocycles. The van der Waals surface area contributed by atoms with Crippen molar-refractivity contribution in [3.8, 4) is 0 Å². The first-order chi connectivity index (χ1) is 7.31. The van der Waals surface area contributed by atoms with E-state index >= 15 is 0 Å². The molecule has 3 atom stereocenters. The first kappa shape index (κ1) is 11.2. The van der Waals surface area contributed by atoms with E-state index in [-0.39, 0.29) is 0 Å². The Labute approximate surface area is 96.9 Å². The molecule has 2 rings (SSSR count). The van der Waals surface area contributed by atoms with Crippen LogP contribution >= 0.6 is 11.3 Å². The zero-order valence-corrected chi connectivity index (χ0v) is 10.5. The van der Waals surface area contributed by atoms with Crippen molar-refractivity contribution < 1.29 is 0 Å². The second kappa shape index (κ2) is 5.13. The zero-order valence-electron chi connectivity index (χ0n) is 9.70. The van der Waals surface area contributed by atoms with E-state index in [1.54, 1.807) is 0 Å². The van der Waals surface area contributed by atoms with Gasteiger partial charge in [-0.05, 0) is 43.2 Å². The standard InChI is InChI=1S/C13H21NS/c1-10-5-3-7-12(10)13(14-2)9-11-6-4-8-15-11/h4,6,8,10,12-14H,3,5,7,9H2,1-2H3. The summed E-state index contributed by atoms with van der Waals surface area (Å²) < 4.78 is 0. The third-order valence-corrected chi connectivity index (χ3v) is 4.72. The molecule has 0 aromatic carbocycles. The van der Waals surface area contributed by atoms with Crippen LogP contribution in [-0.2, 0) is 6.42 Å². The Bertz CT molecular complexity index is 281. The number of nitrogens with one attached hydrogen (secondary N) is 1. The summed E-state index contributed by atoms with van der Waals surface area (Å²) in [4.78, 5) is 1.52. The van der Waals surface area contributed by atoms with Crippen LogP contribution in [0.15, 0.2) is 17.5 Å². The molecule has 1 aromatic heterocycles. The first-order valence-corrected chi connectivity index (χ1v) is 6.89. The van der Waals surface area contributed by atoms with E-state index in [1.807, 2.05) is 11.3 Å². The van der Waals surface area contributed by atoms with Gasteiger partial charge >= 0.3 is 0 Å². The topological polar surface area (TPSA) is 12.0 Å². The van der Waals surface area contributed by atoms with Gasteiger partial charge in [0.15, 0.2) is 0 Å². The third kappa shape index (κ3) is 2.61. The molecule has 1 N–H and O–H groups in total. The van der Waals surface area contributed by atoms with E-state index < -0.39 is 0 Å². The van der Waals surface area contributed by atoms with Gasteiger partial charge in [0.05, 0.1) is 0 Å². The summed E-state index contributed by atoms with van der Waals surface area (Å²) in [5.74, 6) is 1.79. The lowest BCUT2D eigenvalue weighted by Crippen LogP contribution is -2.36. The summed E-state index contributed by atoms with van der Waals surface area (Å²) in [5.41, 5.74) is 0. The number of hydrogen-bond donors (Lipinski definition) is 1. The second-order valence-electron chi connectivity index (χ2n) is 4.75. The van der Waals surface area contributed by atoms with Gasteiger partial charge in [-0.3, -0.25) is 0 Å². The normalized spacial score (nSPS) is 28.1. The highest BCUT2D eigenvalue weighted by atomic mass is 32.1. The molecule has 0 aliphatic heterocycles. The average Bonchev–Trinajstić information content (AvgIpc) is 2.85. The van der Waals surface area contributed by atoms with Crippen LogP contribution in [0.4, 0.5) is 0 Å². The molecule has 2 heteroatoms. The van der Waals surface area contributed by atoms with Gasteiger partial charge < -0.3 is 5.32 Å². The lowest BCUT2D eigenvalue weighted by Gasteiger charge is -2.26. The Kier molecular flexibility index (Phi) is 3.81. The van der Waals surface area contributed by atoms with E-state index in [2.05, 4.69) is 36.8 Å². The summed E-state index contributed by atoms with van der Waals surface area (Å²) in [6.45, 7) is 2.41. The molecule has 3 unspecified atom stereocenters. The maximum atomic E-state index is 3.52. The van der Waals surface area contributed by atoms with E-state index in [9.17, 15) is 0 Å². The van der Waals surface area contributed by atoms with Gasteiger partial charge in [-0.15, -0.1) is 11.3 Å². The molecule has 84 valence electrons. The van der Waals surface area contributed by atoms with Gasteiger partial charge in [0.2, 0.25) is 0 Å². The highest BCUT2D eigenvalue weighted by Gasteiger charge is 2.29. The highest BCUT2D eigenvalue weighted by molar-refractivity contribution is 7.09. The van der Waals surface area contributed by atoms with Crippen molar-refractivity contribution in [3.05, 3.63) is 22.4 Å². The van der Waals surface area contributed by atoms with Crippen LogP contribution < -0.4 is 5.32 Å². The van der Waals surface area contributed by atoms with Gasteiger partial charge in [0.1, 0.15) is 0 Å². The minimum absolute atomic E-state index is 0.682. The zero-order chi connectivity index (χ0) is 10.7. The van der Waals surface area contributed by atoms with E-state index in [1.165, 1.54) is 30.6 Å². The molecule has 1 aliphatic rings. The fraction of sp³-hybridized carbons (Fsp3) is 0.692. The highest BCUT2D eigenvalue weighted by Crippen LogP contribution is 2.34. The minimum Gasteiger partial charge on any atom is -0.316 e. The van der Waals surface area contributed by atoms with Crippen molar-refractivity contribution >= 4 is 11.3 Å². The first-order valence-electron chi connectivity index (χ1n) is 6.01. The Morgan fingerprint density at radius 1 is 1.53 bits per heavy atom. The maximum absolute atomic E-state index is 3.52. The Morgan fingerprint density at radius 3 is 2.93 bits per heavy atom. The quantitative estimate of drug-likeness (QED) is 0.825. The van der Waals surface area contributed by atoms with Gasteiger partial charge in [-0.2, -0.15) is 0 Å². The van der Waals surface area contributed by atoms with Crippen molar-refractivity contribution in [3.63, 3.8) is 0 Å². The SMILES string of the molecule is CNC(Cc1cccs1)C1CCCC1C. The Hall–Kier alpha value is -0.340. The second-order valence-corrected chi connectivity index (χ2v) is 5.78. The predicted molar refractivity (Wildman–Crippen MR) is 67.4 cm³/mol. The molecule has 1 fully saturated rings. The summed E-state index contributed by atoms with van der Waals surface area (Å²) >= 11 is 1.89. The van der Waals surface area contributed by atoms with Crippen molar-refractivity contribution in [2.75, 3.05) is 7.05 Å². The Morgan fingerprint density at radius 2 is 2.40 bits per heavy atom. The lowest BCUT2D eigenvalue weighted by atomic mass is 9.88. The number of rotatable bonds is 4. The van der Waals surface area contributed by atoms with Gasteiger partial charge in [-0.1, -0.05) is 25.8 Å². The molecule has 0 saturated heterocycles. The molecule has 1 aliphatic carbocycles. The van der Waals surface area contributed by atoms with Crippen molar-refractivity contribution in [2.45, 2.75) is 38.6 Å². The van der Waals surface area contributed by atoms with Crippen LogP contribution in [0, 0.1) is 11.8 Å². The number of thiophene rings is 1. The summed E-state index contributed by atoms with van der Waals surface area (Å²) in [5, 5.41) is 5.70. The molecular formula is C13H21NS. The summed E-state index contributed by atoms with van der Waals surface area (Å²) in [6, 6.07) is 5.10. The van der Waals surface area contributed by atoms with Crippen LogP contribution in [-0.4, -0.2) is 13.1 Å². The Balaban J connectivity index is 1.97. The molecule has 0 radical (unpaired) electrons. The fourth-order valence-corrected chi connectivity index (χ4v) is 3.65. The van der Waals surface area contributed by atoms with E-state index in [0.717, 1.165) is 11.8 Å². The van der Waals surface area contributed by atoms with E-state index in [0.29, 0.717) is 6.04 Å². The van der Waals surface area contributed by atoms with Crippen molar-refractivity contribution in [1.82, 2.24) is 5.32 Å². The summed E-state index contributed by atoms with van der Waals surface area (Å²) in [7, 11) is 2.11. The van der Waals surface area contributed by atoms with Gasteiger partial charge in [0.25, 0.3) is 0 Å². The van der Waals surface area contributed by atoms with Gasteiger partial charge in [0, 0.05) is 10.9 Å². The molecule has 1 heterocycles. The monoisotopic (exact) mass is 223 g/mol. The van der Waals surface area contributed by atoms with Crippen LogP contribution in [0.1, 0.15) is 31.1 Å². The van der Waals surface area contributed by atoms with Crippen LogP contribution in [0.2, 0.25) is 0 Å². The van der Waals surface area contributed by atoms with Crippen molar-refractivity contribution in [2.24, 2.45) is 11.8 Å². The summed E-state index contributed by atoms with van der Waals surface area (Å²) in [6.07, 6.45) is 5.48. The molecule has 15 heavy (non-hydrogen) atoms.